The summed E-state index contributed by atoms with van der Waals surface area (Å²) in [6, 6.07) is 0.103. The molecule has 0 bridgehead atoms. The molecule has 1 unspecified atom stereocenters. The van der Waals surface area contributed by atoms with Gasteiger partial charge in [-0.25, -0.2) is 0 Å². The van der Waals surface area contributed by atoms with Gasteiger partial charge in [-0.05, 0) is 19.8 Å². The van der Waals surface area contributed by atoms with Crippen molar-refractivity contribution in [3.05, 3.63) is 0 Å². The zero-order chi connectivity index (χ0) is 14.4. The van der Waals surface area contributed by atoms with Crippen LogP contribution in [0.3, 0.4) is 0 Å². The highest BCUT2D eigenvalue weighted by Gasteiger charge is 2.30. The second-order valence-corrected chi connectivity index (χ2v) is 5.63. The third-order valence-electron chi connectivity index (χ3n) is 4.07. The van der Waals surface area contributed by atoms with Crippen molar-refractivity contribution in [2.75, 3.05) is 32.7 Å². The van der Waals surface area contributed by atoms with Crippen LogP contribution in [0.4, 0.5) is 0 Å². The quantitative estimate of drug-likeness (QED) is 0.633. The Bertz CT molecular complexity index is 342. The van der Waals surface area contributed by atoms with Crippen LogP contribution < -0.4 is 16.0 Å². The second-order valence-electron chi connectivity index (χ2n) is 5.63. The number of hydrogen-bond donors (Lipinski definition) is 3. The first kappa shape index (κ1) is 15.3. The molecule has 1 atom stereocenters. The molecule has 0 aromatic rings. The van der Waals surface area contributed by atoms with E-state index < -0.39 is 0 Å². The van der Waals surface area contributed by atoms with Crippen molar-refractivity contribution < 1.29 is 9.59 Å². The molecular formula is C14H26N4O2. The van der Waals surface area contributed by atoms with Gasteiger partial charge in [0.05, 0.1) is 6.54 Å². The van der Waals surface area contributed by atoms with Crippen molar-refractivity contribution in [2.24, 2.45) is 0 Å². The Morgan fingerprint density at radius 1 is 1.30 bits per heavy atom. The molecule has 0 aromatic heterocycles. The van der Waals surface area contributed by atoms with Crippen LogP contribution in [0.1, 0.15) is 32.6 Å². The molecule has 1 saturated heterocycles. The number of hydrogen-bond acceptors (Lipinski definition) is 4. The Kier molecular flexibility index (Phi) is 5.79. The molecule has 1 aliphatic carbocycles. The smallest absolute Gasteiger partial charge is 0.238 e. The summed E-state index contributed by atoms with van der Waals surface area (Å²) < 4.78 is 0. The third kappa shape index (κ3) is 4.18. The lowest BCUT2D eigenvalue weighted by Crippen LogP contribution is -2.59. The molecule has 6 heteroatoms. The van der Waals surface area contributed by atoms with Crippen LogP contribution in [0.15, 0.2) is 0 Å². The molecule has 0 aromatic carbocycles. The van der Waals surface area contributed by atoms with Gasteiger partial charge in [0.1, 0.15) is 6.04 Å². The van der Waals surface area contributed by atoms with Crippen LogP contribution in [0, 0.1) is 0 Å². The number of amides is 2. The maximum atomic E-state index is 12.1. The summed E-state index contributed by atoms with van der Waals surface area (Å²) in [5, 5.41) is 9.14. The number of rotatable bonds is 5. The van der Waals surface area contributed by atoms with Crippen molar-refractivity contribution in [1.82, 2.24) is 20.9 Å². The summed E-state index contributed by atoms with van der Waals surface area (Å²) >= 11 is 0. The predicted octanol–water partition coefficient (Wildman–Crippen LogP) is -0.545. The second kappa shape index (κ2) is 7.59. The Labute approximate surface area is 120 Å². The first-order valence-electron chi connectivity index (χ1n) is 7.72. The molecule has 1 aliphatic heterocycles. The topological polar surface area (TPSA) is 73.5 Å². The monoisotopic (exact) mass is 282 g/mol. The molecule has 1 heterocycles. The molecule has 0 spiro atoms. The number of nitrogens with one attached hydrogen (secondary N) is 3. The minimum Gasteiger partial charge on any atom is -0.355 e. The first-order chi connectivity index (χ1) is 9.70. The molecule has 1 saturated carbocycles. The van der Waals surface area contributed by atoms with E-state index in [1.807, 2.05) is 11.8 Å². The first-order valence-corrected chi connectivity index (χ1v) is 7.72. The molecule has 2 amide bonds. The largest absolute Gasteiger partial charge is 0.355 e. The van der Waals surface area contributed by atoms with Crippen molar-refractivity contribution in [3.8, 4) is 0 Å². The van der Waals surface area contributed by atoms with E-state index in [-0.39, 0.29) is 17.9 Å². The van der Waals surface area contributed by atoms with Crippen LogP contribution in [-0.2, 0) is 9.59 Å². The summed E-state index contributed by atoms with van der Waals surface area (Å²) in [5.74, 6) is 0.0569. The number of nitrogens with zero attached hydrogens (tertiary/aromatic N) is 1. The van der Waals surface area contributed by atoms with Gasteiger partial charge in [0, 0.05) is 32.2 Å². The third-order valence-corrected chi connectivity index (χ3v) is 4.07. The molecular weight excluding hydrogens is 256 g/mol. The fraction of sp³-hybridized carbons (Fsp3) is 0.857. The van der Waals surface area contributed by atoms with E-state index in [0.717, 1.165) is 25.9 Å². The Balaban J connectivity index is 1.84. The summed E-state index contributed by atoms with van der Waals surface area (Å²) in [5.41, 5.74) is 0. The zero-order valence-corrected chi connectivity index (χ0v) is 12.3. The predicted molar refractivity (Wildman–Crippen MR) is 77.3 cm³/mol. The highest BCUT2D eigenvalue weighted by atomic mass is 16.2. The summed E-state index contributed by atoms with van der Waals surface area (Å²) in [7, 11) is 0. The normalized spacial score (nSPS) is 24.6. The lowest BCUT2D eigenvalue weighted by molar-refractivity contribution is -0.129. The van der Waals surface area contributed by atoms with E-state index in [4.69, 9.17) is 0 Å². The van der Waals surface area contributed by atoms with E-state index in [1.165, 1.54) is 12.8 Å². The van der Waals surface area contributed by atoms with E-state index in [0.29, 0.717) is 25.7 Å². The highest BCUT2D eigenvalue weighted by Crippen LogP contribution is 2.17. The van der Waals surface area contributed by atoms with E-state index in [2.05, 4.69) is 16.0 Å². The van der Waals surface area contributed by atoms with Crippen LogP contribution in [0.2, 0.25) is 0 Å². The van der Waals surface area contributed by atoms with Crippen LogP contribution >= 0.6 is 0 Å². The van der Waals surface area contributed by atoms with Crippen molar-refractivity contribution in [2.45, 2.75) is 44.7 Å². The summed E-state index contributed by atoms with van der Waals surface area (Å²) in [6.45, 7) is 5.03. The minimum atomic E-state index is -0.238. The maximum absolute atomic E-state index is 12.1. The molecule has 2 fully saturated rings. The van der Waals surface area contributed by atoms with Crippen LogP contribution in [0.25, 0.3) is 0 Å². The van der Waals surface area contributed by atoms with Crippen molar-refractivity contribution in [3.63, 3.8) is 0 Å². The van der Waals surface area contributed by atoms with Crippen LogP contribution in [0.5, 0.6) is 0 Å². The summed E-state index contributed by atoms with van der Waals surface area (Å²) in [4.78, 5) is 26.1. The summed E-state index contributed by atoms with van der Waals surface area (Å²) in [6.07, 6.45) is 4.60. The average Bonchev–Trinajstić information content (AvgIpc) is 2.92. The Morgan fingerprint density at radius 2 is 2.05 bits per heavy atom. The number of carbonyl (C=O) groups excluding carboxylic acids is 2. The van der Waals surface area contributed by atoms with E-state index >= 15 is 0 Å². The number of carbonyl (C=O) groups is 2. The molecule has 20 heavy (non-hydrogen) atoms. The molecule has 2 rings (SSSR count). The molecule has 6 nitrogen and oxygen atoms in total. The number of piperazine rings is 1. The van der Waals surface area contributed by atoms with E-state index in [1.54, 1.807) is 0 Å². The Morgan fingerprint density at radius 3 is 2.75 bits per heavy atom. The van der Waals surface area contributed by atoms with Crippen molar-refractivity contribution in [1.29, 1.82) is 0 Å². The molecule has 3 N–H and O–H groups in total. The lowest BCUT2D eigenvalue weighted by atomic mass is 10.1. The van der Waals surface area contributed by atoms with Gasteiger partial charge < -0.3 is 16.0 Å². The minimum absolute atomic E-state index is 0.00775. The standard InChI is InChI=1S/C14H26N4O2/c1-2-16-14(20)12-9-15-7-8-18(12)10-13(19)17-11-5-3-4-6-11/h11-12,15H,2-10H2,1H3,(H,16,20)(H,17,19). The van der Waals surface area contributed by atoms with Gasteiger partial charge in [0.15, 0.2) is 0 Å². The maximum Gasteiger partial charge on any atom is 0.238 e. The van der Waals surface area contributed by atoms with E-state index in [9.17, 15) is 9.59 Å². The van der Waals surface area contributed by atoms with Gasteiger partial charge in [0.25, 0.3) is 0 Å². The van der Waals surface area contributed by atoms with Gasteiger partial charge in [-0.1, -0.05) is 12.8 Å². The van der Waals surface area contributed by atoms with Gasteiger partial charge >= 0.3 is 0 Å². The highest BCUT2D eigenvalue weighted by molar-refractivity contribution is 5.84. The average molecular weight is 282 g/mol. The van der Waals surface area contributed by atoms with Gasteiger partial charge in [-0.15, -0.1) is 0 Å². The van der Waals surface area contributed by atoms with Crippen LogP contribution in [-0.4, -0.2) is 61.5 Å². The molecule has 2 aliphatic rings. The molecule has 114 valence electrons. The molecule has 0 radical (unpaired) electrons. The zero-order valence-electron chi connectivity index (χ0n) is 12.3. The Hall–Kier alpha value is -1.14. The van der Waals surface area contributed by atoms with Gasteiger partial charge in [0.2, 0.25) is 11.8 Å². The fourth-order valence-corrected chi connectivity index (χ4v) is 3.01. The SMILES string of the molecule is CCNC(=O)C1CNCCN1CC(=O)NC1CCCC1. The van der Waals surface area contributed by atoms with Gasteiger partial charge in [-0.2, -0.15) is 0 Å². The lowest BCUT2D eigenvalue weighted by Gasteiger charge is -2.34. The van der Waals surface area contributed by atoms with Gasteiger partial charge in [-0.3, -0.25) is 14.5 Å². The van der Waals surface area contributed by atoms with Crippen molar-refractivity contribution >= 4 is 11.8 Å². The number of likely N-dealkylation sites (N-methyl/N-ethyl adjacent to an activating group) is 1. The fourth-order valence-electron chi connectivity index (χ4n) is 3.01.